The molecule has 1 aromatic rings. The number of thiocarbonyl (C=S) groups is 1. The Morgan fingerprint density at radius 2 is 2.05 bits per heavy atom. The van der Waals surface area contributed by atoms with Crippen LogP contribution in [0.1, 0.15) is 0 Å². The van der Waals surface area contributed by atoms with Gasteiger partial charge in [-0.05, 0) is 24.4 Å². The first-order valence-electron chi connectivity index (χ1n) is 6.75. The van der Waals surface area contributed by atoms with Gasteiger partial charge in [0.15, 0.2) is 28.1 Å². The molecule has 4 rings (SSSR count). The van der Waals surface area contributed by atoms with Crippen LogP contribution in [-0.4, -0.2) is 46.5 Å². The van der Waals surface area contributed by atoms with E-state index in [1.54, 1.807) is 0 Å². The molecule has 8 heteroatoms. The Bertz CT molecular complexity index is 666. The summed E-state index contributed by atoms with van der Waals surface area (Å²) in [4.78, 5) is 1.92. The summed E-state index contributed by atoms with van der Waals surface area (Å²) in [5.41, 5.74) is 0.862. The number of rotatable bonds is 1. The molecule has 2 saturated heterocycles. The maximum absolute atomic E-state index is 11.9. The zero-order valence-electron chi connectivity index (χ0n) is 11.2. The first kappa shape index (κ1) is 13.3. The highest BCUT2D eigenvalue weighted by Crippen LogP contribution is 2.37. The molecule has 2 fully saturated rings. The van der Waals surface area contributed by atoms with E-state index >= 15 is 0 Å². The number of hydrogen-bond donors (Lipinski definition) is 2. The van der Waals surface area contributed by atoms with Crippen LogP contribution < -0.4 is 19.7 Å². The third-order valence-electron chi connectivity index (χ3n) is 4.00. The zero-order chi connectivity index (χ0) is 14.6. The van der Waals surface area contributed by atoms with E-state index in [-0.39, 0.29) is 23.6 Å². The van der Waals surface area contributed by atoms with Crippen molar-refractivity contribution in [2.24, 2.45) is 0 Å². The average molecular weight is 327 g/mol. The molecule has 6 nitrogen and oxygen atoms in total. The predicted molar refractivity (Wildman–Crippen MR) is 83.6 cm³/mol. The molecule has 3 heterocycles. The molecule has 3 aliphatic heterocycles. The second kappa shape index (κ2) is 4.56. The number of anilines is 1. The molecule has 1 unspecified atom stereocenters. The molecule has 0 saturated carbocycles. The van der Waals surface area contributed by atoms with Crippen molar-refractivity contribution in [2.45, 2.75) is 12.1 Å². The monoisotopic (exact) mass is 327 g/mol. The van der Waals surface area contributed by atoms with Crippen LogP contribution >= 0.6 is 12.2 Å². The summed E-state index contributed by atoms with van der Waals surface area (Å²) in [6, 6.07) is 5.48. The van der Waals surface area contributed by atoms with Crippen LogP contribution in [0.2, 0.25) is 0 Å². The third kappa shape index (κ3) is 2.18. The van der Waals surface area contributed by atoms with Gasteiger partial charge in [-0.3, -0.25) is 0 Å². The Balaban J connectivity index is 1.69. The van der Waals surface area contributed by atoms with Crippen molar-refractivity contribution < 1.29 is 18.2 Å². The van der Waals surface area contributed by atoms with Crippen molar-refractivity contribution in [2.75, 3.05) is 29.6 Å². The highest BCUT2D eigenvalue weighted by molar-refractivity contribution is 7.98. The van der Waals surface area contributed by atoms with Crippen LogP contribution in [0.3, 0.4) is 0 Å². The molecule has 1 aromatic carbocycles. The van der Waals surface area contributed by atoms with Gasteiger partial charge in [-0.25, -0.2) is 0 Å². The van der Waals surface area contributed by atoms with E-state index in [2.05, 4.69) is 5.32 Å². The van der Waals surface area contributed by atoms with Gasteiger partial charge in [-0.15, -0.1) is 0 Å². The smallest absolute Gasteiger partial charge is 0.218 e. The SMILES string of the molecule is O=[S+]1(O)C[C@@H]2[C@@H](C1)NC(=S)N2c1ccc2c(c1)OCCO2. The lowest BCUT2D eigenvalue weighted by Gasteiger charge is -2.25. The van der Waals surface area contributed by atoms with Crippen molar-refractivity contribution in [3.8, 4) is 11.5 Å². The molecule has 112 valence electrons. The normalized spacial score (nSPS) is 33.8. The molecule has 0 aliphatic carbocycles. The van der Waals surface area contributed by atoms with Crippen molar-refractivity contribution in [3.05, 3.63) is 18.2 Å². The summed E-state index contributed by atoms with van der Waals surface area (Å²) < 4.78 is 32.8. The third-order valence-corrected chi connectivity index (χ3v) is 6.06. The van der Waals surface area contributed by atoms with Crippen LogP contribution in [0.15, 0.2) is 18.2 Å². The maximum Gasteiger partial charge on any atom is 0.218 e. The zero-order valence-corrected chi connectivity index (χ0v) is 12.8. The quantitative estimate of drug-likeness (QED) is 0.586. The molecule has 0 radical (unpaired) electrons. The molecule has 21 heavy (non-hydrogen) atoms. The standard InChI is InChI=1S/C13H14N2O4S2/c16-21(17)6-9-10(7-21)15(13(20)14-9)8-1-2-11-12(5-8)19-4-3-18-11/h1-2,5,9-10H,3-4,6-7H2,(H-,14,16,17,20)/p+1/t9-,10-/m1/s1. The second-order valence-electron chi connectivity index (χ2n) is 5.43. The van der Waals surface area contributed by atoms with E-state index in [1.807, 2.05) is 23.1 Å². The van der Waals surface area contributed by atoms with Gasteiger partial charge in [0.05, 0.1) is 0 Å². The number of benzene rings is 1. The molecule has 0 spiro atoms. The Morgan fingerprint density at radius 3 is 2.86 bits per heavy atom. The molecule has 0 amide bonds. The lowest BCUT2D eigenvalue weighted by molar-refractivity contribution is 0.171. The van der Waals surface area contributed by atoms with Gasteiger partial charge >= 0.3 is 0 Å². The van der Waals surface area contributed by atoms with Crippen molar-refractivity contribution in [1.29, 1.82) is 0 Å². The molecule has 0 bridgehead atoms. The summed E-state index contributed by atoms with van der Waals surface area (Å²) in [6.07, 6.45) is 0. The summed E-state index contributed by atoms with van der Waals surface area (Å²) in [7, 11) is -2.76. The van der Waals surface area contributed by atoms with E-state index < -0.39 is 10.2 Å². The minimum absolute atomic E-state index is 0.0665. The molecule has 3 atom stereocenters. The van der Waals surface area contributed by atoms with E-state index in [1.165, 1.54) is 0 Å². The predicted octanol–water partition coefficient (Wildman–Crippen LogP) is 0.876. The number of nitrogens with zero attached hydrogens (tertiary/aromatic N) is 1. The summed E-state index contributed by atoms with van der Waals surface area (Å²) in [5, 5.41) is 3.74. The van der Waals surface area contributed by atoms with E-state index in [9.17, 15) is 8.76 Å². The molecule has 0 aromatic heterocycles. The van der Waals surface area contributed by atoms with E-state index in [0.717, 1.165) is 11.4 Å². The Morgan fingerprint density at radius 1 is 1.29 bits per heavy atom. The van der Waals surface area contributed by atoms with Crippen LogP contribution in [0, 0.1) is 0 Å². The largest absolute Gasteiger partial charge is 0.486 e. The first-order valence-corrected chi connectivity index (χ1v) is 9.01. The Labute approximate surface area is 128 Å². The van der Waals surface area contributed by atoms with Gasteiger partial charge in [0.2, 0.25) is 10.2 Å². The Kier molecular flexibility index (Phi) is 2.88. The van der Waals surface area contributed by atoms with Crippen LogP contribution in [-0.2, 0) is 14.4 Å². The average Bonchev–Trinajstić information content (AvgIpc) is 2.88. The molecule has 3 aliphatic rings. The van der Waals surface area contributed by atoms with Gasteiger partial charge < -0.3 is 19.7 Å². The van der Waals surface area contributed by atoms with E-state index in [0.29, 0.717) is 24.1 Å². The van der Waals surface area contributed by atoms with Crippen molar-refractivity contribution in [1.82, 2.24) is 5.32 Å². The molecular formula is C13H15N2O4S2+. The van der Waals surface area contributed by atoms with Gasteiger partial charge in [0.25, 0.3) is 0 Å². The van der Waals surface area contributed by atoms with Crippen LogP contribution in [0.5, 0.6) is 11.5 Å². The van der Waals surface area contributed by atoms with E-state index in [4.69, 9.17) is 21.7 Å². The van der Waals surface area contributed by atoms with Gasteiger partial charge in [0, 0.05) is 11.8 Å². The highest BCUT2D eigenvalue weighted by atomic mass is 32.3. The molecular weight excluding hydrogens is 312 g/mol. The number of nitrogens with one attached hydrogen (secondary N) is 1. The summed E-state index contributed by atoms with van der Waals surface area (Å²) >= 11 is 5.37. The summed E-state index contributed by atoms with van der Waals surface area (Å²) in [6.45, 7) is 1.07. The lowest BCUT2D eigenvalue weighted by atomic mass is 10.1. The fourth-order valence-electron chi connectivity index (χ4n) is 3.10. The van der Waals surface area contributed by atoms with Crippen LogP contribution in [0.25, 0.3) is 0 Å². The topological polar surface area (TPSA) is 71.0 Å². The lowest BCUT2D eigenvalue weighted by Crippen LogP contribution is -2.37. The van der Waals surface area contributed by atoms with Gasteiger partial charge in [-0.1, -0.05) is 4.21 Å². The fourth-order valence-corrected chi connectivity index (χ4v) is 5.41. The number of ether oxygens (including phenoxy) is 2. The fraction of sp³-hybridized carbons (Fsp3) is 0.462. The van der Waals surface area contributed by atoms with Crippen molar-refractivity contribution >= 4 is 33.2 Å². The minimum Gasteiger partial charge on any atom is -0.486 e. The first-order chi connectivity index (χ1) is 10.0. The van der Waals surface area contributed by atoms with Gasteiger partial charge in [-0.2, -0.15) is 4.55 Å². The minimum atomic E-state index is -2.76. The van der Waals surface area contributed by atoms with Crippen molar-refractivity contribution in [3.63, 3.8) is 0 Å². The van der Waals surface area contributed by atoms with Crippen LogP contribution in [0.4, 0.5) is 5.69 Å². The van der Waals surface area contributed by atoms with Gasteiger partial charge in [0.1, 0.15) is 25.3 Å². The summed E-state index contributed by atoms with van der Waals surface area (Å²) in [5.74, 6) is 1.89. The highest BCUT2D eigenvalue weighted by Gasteiger charge is 2.54. The maximum atomic E-state index is 11.9. The number of fused-ring (bicyclic) bond motifs is 2. The Hall–Kier alpha value is -1.38. The second-order valence-corrected chi connectivity index (χ2v) is 8.03. The molecule has 2 N–H and O–H groups in total. The number of hydrogen-bond acceptors (Lipinski definition) is 4.